The minimum atomic E-state index is -3.63. The molecule has 0 atom stereocenters. The summed E-state index contributed by atoms with van der Waals surface area (Å²) >= 11 is 0. The number of anilines is 3. The molecule has 6 nitrogen and oxygen atoms in total. The molecule has 0 aliphatic rings. The molecule has 0 spiro atoms. The van der Waals surface area contributed by atoms with Gasteiger partial charge in [-0.25, -0.2) is 13.8 Å². The van der Waals surface area contributed by atoms with Crippen LogP contribution in [0.15, 0.2) is 36.5 Å². The predicted molar refractivity (Wildman–Crippen MR) is 80.1 cm³/mol. The molecule has 0 unspecified atom stereocenters. The highest BCUT2D eigenvalue weighted by atomic mass is 32.2. The Bertz CT molecular complexity index is 744. The van der Waals surface area contributed by atoms with E-state index in [-0.39, 0.29) is 17.2 Å². The fraction of sp³-hybridized carbons (Fsp3) is 0.154. The number of nitrogens with zero attached hydrogens (tertiary/aromatic N) is 2. The average Bonchev–Trinajstić information content (AvgIpc) is 2.44. The zero-order chi connectivity index (χ0) is 16.3. The van der Waals surface area contributed by atoms with Gasteiger partial charge in [0.1, 0.15) is 23.1 Å². The molecule has 0 fully saturated rings. The highest BCUT2D eigenvalue weighted by Gasteiger charge is 2.13. The first-order valence-corrected chi connectivity index (χ1v) is 7.61. The van der Waals surface area contributed by atoms with Crippen LogP contribution in [-0.2, 0) is 10.2 Å². The second kappa shape index (κ2) is 6.24. The number of hydrogen-bond acceptors (Lipinski definition) is 4. The van der Waals surface area contributed by atoms with Crippen LogP contribution in [0.4, 0.5) is 26.0 Å². The summed E-state index contributed by atoms with van der Waals surface area (Å²) in [6, 6.07) is 6.31. The topological polar surface area (TPSA) is 74.3 Å². The van der Waals surface area contributed by atoms with E-state index < -0.39 is 21.8 Å². The molecule has 1 heterocycles. The maximum Gasteiger partial charge on any atom is 0.301 e. The standard InChI is InChI=1S/C13H14F2N4O2S/c1-19(2)22(20,21)18-9-6-7-12(16-8-9)17-13-10(14)4-3-5-11(13)15/h3-8,18H,1-2H3,(H,16,17). The Morgan fingerprint density at radius 1 is 1.09 bits per heavy atom. The number of benzene rings is 1. The lowest BCUT2D eigenvalue weighted by atomic mass is 10.3. The van der Waals surface area contributed by atoms with E-state index in [9.17, 15) is 17.2 Å². The van der Waals surface area contributed by atoms with Crippen molar-refractivity contribution in [2.45, 2.75) is 0 Å². The van der Waals surface area contributed by atoms with Gasteiger partial charge in [-0.05, 0) is 24.3 Å². The molecule has 0 aliphatic carbocycles. The van der Waals surface area contributed by atoms with Gasteiger partial charge in [0.05, 0.1) is 11.9 Å². The van der Waals surface area contributed by atoms with Crippen LogP contribution in [0, 0.1) is 11.6 Å². The van der Waals surface area contributed by atoms with E-state index in [4.69, 9.17) is 0 Å². The molecule has 2 aromatic rings. The van der Waals surface area contributed by atoms with Crippen LogP contribution in [-0.4, -0.2) is 31.8 Å². The predicted octanol–water partition coefficient (Wildman–Crippen LogP) is 2.32. The SMILES string of the molecule is CN(C)S(=O)(=O)Nc1ccc(Nc2c(F)cccc2F)nc1. The summed E-state index contributed by atoms with van der Waals surface area (Å²) in [5.74, 6) is -1.32. The lowest BCUT2D eigenvalue weighted by molar-refractivity contribution is 0.527. The second-order valence-electron chi connectivity index (χ2n) is 4.54. The molecular weight excluding hydrogens is 314 g/mol. The van der Waals surface area contributed by atoms with Crippen molar-refractivity contribution in [1.82, 2.24) is 9.29 Å². The van der Waals surface area contributed by atoms with E-state index in [1.807, 2.05) is 0 Å². The Morgan fingerprint density at radius 3 is 2.23 bits per heavy atom. The second-order valence-corrected chi connectivity index (χ2v) is 6.43. The largest absolute Gasteiger partial charge is 0.335 e. The van der Waals surface area contributed by atoms with E-state index in [1.165, 1.54) is 38.5 Å². The van der Waals surface area contributed by atoms with Crippen LogP contribution < -0.4 is 10.0 Å². The number of hydrogen-bond donors (Lipinski definition) is 2. The lowest BCUT2D eigenvalue weighted by Crippen LogP contribution is -2.28. The number of aromatic nitrogens is 1. The Kier molecular flexibility index (Phi) is 4.57. The van der Waals surface area contributed by atoms with E-state index in [0.29, 0.717) is 0 Å². The van der Waals surface area contributed by atoms with Crippen molar-refractivity contribution in [3.8, 4) is 0 Å². The molecule has 1 aromatic heterocycles. The number of halogens is 2. The molecule has 0 bridgehead atoms. The van der Waals surface area contributed by atoms with Gasteiger partial charge in [-0.15, -0.1) is 0 Å². The molecule has 0 amide bonds. The van der Waals surface area contributed by atoms with Gasteiger partial charge in [0.25, 0.3) is 0 Å². The minimum absolute atomic E-state index is 0.178. The van der Waals surface area contributed by atoms with Gasteiger partial charge >= 0.3 is 10.2 Å². The molecule has 22 heavy (non-hydrogen) atoms. The average molecular weight is 328 g/mol. The van der Waals surface area contributed by atoms with Gasteiger partial charge in [-0.2, -0.15) is 12.7 Å². The first-order valence-electron chi connectivity index (χ1n) is 6.17. The fourth-order valence-electron chi connectivity index (χ4n) is 1.51. The first-order chi connectivity index (χ1) is 10.3. The van der Waals surface area contributed by atoms with Crippen molar-refractivity contribution in [3.63, 3.8) is 0 Å². The van der Waals surface area contributed by atoms with Crippen LogP contribution in [0.1, 0.15) is 0 Å². The van der Waals surface area contributed by atoms with Crippen molar-refractivity contribution < 1.29 is 17.2 Å². The quantitative estimate of drug-likeness (QED) is 0.883. The van der Waals surface area contributed by atoms with E-state index in [2.05, 4.69) is 15.0 Å². The zero-order valence-electron chi connectivity index (χ0n) is 11.8. The normalized spacial score (nSPS) is 11.5. The van der Waals surface area contributed by atoms with Gasteiger partial charge < -0.3 is 5.32 Å². The monoisotopic (exact) mass is 328 g/mol. The van der Waals surface area contributed by atoms with Crippen LogP contribution in [0.5, 0.6) is 0 Å². The number of para-hydroxylation sites is 1. The van der Waals surface area contributed by atoms with E-state index in [0.717, 1.165) is 16.4 Å². The Balaban J connectivity index is 2.16. The molecule has 118 valence electrons. The minimum Gasteiger partial charge on any atom is -0.335 e. The Labute approximate surface area is 127 Å². The van der Waals surface area contributed by atoms with Crippen LogP contribution in [0.3, 0.4) is 0 Å². The van der Waals surface area contributed by atoms with Crippen molar-refractivity contribution >= 4 is 27.4 Å². The van der Waals surface area contributed by atoms with Gasteiger partial charge in [0.15, 0.2) is 0 Å². The van der Waals surface area contributed by atoms with E-state index in [1.54, 1.807) is 0 Å². The van der Waals surface area contributed by atoms with Crippen LogP contribution >= 0.6 is 0 Å². The summed E-state index contributed by atoms with van der Waals surface area (Å²) in [7, 11) is -0.870. The molecule has 0 saturated carbocycles. The molecule has 2 rings (SSSR count). The van der Waals surface area contributed by atoms with Crippen molar-refractivity contribution in [2.24, 2.45) is 0 Å². The zero-order valence-corrected chi connectivity index (χ0v) is 12.7. The van der Waals surface area contributed by atoms with Gasteiger partial charge in [-0.1, -0.05) is 6.07 Å². The molecule has 2 N–H and O–H groups in total. The van der Waals surface area contributed by atoms with Gasteiger partial charge in [0, 0.05) is 14.1 Å². The van der Waals surface area contributed by atoms with E-state index >= 15 is 0 Å². The third kappa shape index (κ3) is 3.68. The Morgan fingerprint density at radius 2 is 1.73 bits per heavy atom. The highest BCUT2D eigenvalue weighted by molar-refractivity contribution is 7.90. The third-order valence-electron chi connectivity index (χ3n) is 2.71. The summed E-state index contributed by atoms with van der Waals surface area (Å²) < 4.78 is 53.6. The first kappa shape index (κ1) is 16.1. The molecule has 0 aliphatic heterocycles. The number of nitrogens with one attached hydrogen (secondary N) is 2. The summed E-state index contributed by atoms with van der Waals surface area (Å²) in [6.07, 6.45) is 1.24. The van der Waals surface area contributed by atoms with Gasteiger partial charge in [-0.3, -0.25) is 4.72 Å². The summed E-state index contributed by atoms with van der Waals surface area (Å²) in [5, 5.41) is 2.50. The van der Waals surface area contributed by atoms with Crippen LogP contribution in [0.2, 0.25) is 0 Å². The molecule has 0 saturated heterocycles. The Hall–Kier alpha value is -2.26. The smallest absolute Gasteiger partial charge is 0.301 e. The van der Waals surface area contributed by atoms with Crippen molar-refractivity contribution in [1.29, 1.82) is 0 Å². The van der Waals surface area contributed by atoms with Crippen molar-refractivity contribution in [2.75, 3.05) is 24.1 Å². The number of rotatable bonds is 5. The summed E-state index contributed by atoms with van der Waals surface area (Å²) in [6.45, 7) is 0. The maximum absolute atomic E-state index is 13.5. The molecular formula is C13H14F2N4O2S. The van der Waals surface area contributed by atoms with Crippen LogP contribution in [0.25, 0.3) is 0 Å². The lowest BCUT2D eigenvalue weighted by Gasteiger charge is -2.13. The summed E-state index contributed by atoms with van der Waals surface area (Å²) in [5.41, 5.74) is -0.0927. The maximum atomic E-state index is 13.5. The van der Waals surface area contributed by atoms with Crippen molar-refractivity contribution in [3.05, 3.63) is 48.2 Å². The van der Waals surface area contributed by atoms with Gasteiger partial charge in [0.2, 0.25) is 0 Å². The molecule has 1 aromatic carbocycles. The molecule has 9 heteroatoms. The fourth-order valence-corrected chi connectivity index (χ4v) is 2.11. The highest BCUT2D eigenvalue weighted by Crippen LogP contribution is 2.22. The third-order valence-corrected chi connectivity index (χ3v) is 4.16. The number of pyridine rings is 1. The summed E-state index contributed by atoms with van der Waals surface area (Å²) in [4.78, 5) is 3.91. The molecule has 0 radical (unpaired) electrons.